The third-order valence-corrected chi connectivity index (χ3v) is 9.42. The minimum absolute atomic E-state index is 0.0340. The Labute approximate surface area is 252 Å². The molecule has 3 aromatic carbocycles. The van der Waals surface area contributed by atoms with Crippen LogP contribution in [0.25, 0.3) is 11.1 Å². The molecular weight excluding hydrogens is 548 g/mol. The molecule has 2 aliphatic carbocycles. The lowest BCUT2D eigenvalue weighted by Gasteiger charge is -2.40. The molecule has 1 fully saturated rings. The zero-order chi connectivity index (χ0) is 30.2. The molecule has 3 atom stereocenters. The summed E-state index contributed by atoms with van der Waals surface area (Å²) in [5.74, 6) is 0.801. The fourth-order valence-electron chi connectivity index (χ4n) is 7.30. The first-order valence-corrected chi connectivity index (χ1v) is 15.6. The van der Waals surface area contributed by atoms with Gasteiger partial charge >= 0.3 is 0 Å². The maximum absolute atomic E-state index is 12.1. The number of methoxy groups -OCH3 is 2. The van der Waals surface area contributed by atoms with Crippen molar-refractivity contribution in [2.24, 2.45) is 0 Å². The molecule has 0 spiro atoms. The van der Waals surface area contributed by atoms with Crippen molar-refractivity contribution in [2.75, 3.05) is 14.2 Å². The lowest BCUT2D eigenvalue weighted by Crippen LogP contribution is -2.36. The van der Waals surface area contributed by atoms with Crippen molar-refractivity contribution in [1.82, 2.24) is 0 Å². The van der Waals surface area contributed by atoms with Crippen LogP contribution in [0, 0.1) is 0 Å². The van der Waals surface area contributed by atoms with E-state index in [1.807, 2.05) is 18.2 Å². The van der Waals surface area contributed by atoms with Crippen LogP contribution in [0.15, 0.2) is 30.3 Å². The average Bonchev–Trinajstić information content (AvgIpc) is 3.52. The van der Waals surface area contributed by atoms with Gasteiger partial charge in [0.2, 0.25) is 11.5 Å². The van der Waals surface area contributed by atoms with E-state index >= 15 is 0 Å². The van der Waals surface area contributed by atoms with Gasteiger partial charge in [-0.15, -0.1) is 0 Å². The molecule has 0 bridgehead atoms. The smallest absolute Gasteiger partial charge is 0.207 e. The van der Waals surface area contributed by atoms with Gasteiger partial charge in [0, 0.05) is 28.7 Å². The topological polar surface area (TPSA) is 118 Å². The number of phenols is 3. The number of benzene rings is 3. The molecule has 0 saturated heterocycles. The van der Waals surface area contributed by atoms with E-state index in [4.69, 9.17) is 18.9 Å². The molecular formula is C35H42O8. The van der Waals surface area contributed by atoms with Gasteiger partial charge in [0.25, 0.3) is 0 Å². The van der Waals surface area contributed by atoms with Crippen LogP contribution in [0.1, 0.15) is 92.6 Å². The normalized spacial score (nSPS) is 21.0. The van der Waals surface area contributed by atoms with Crippen molar-refractivity contribution in [1.29, 1.82) is 0 Å². The second-order valence-corrected chi connectivity index (χ2v) is 12.0. The molecule has 6 rings (SSSR count). The molecule has 3 aromatic rings. The standard InChI is InChI=1S/C35H42O8/c1-4-5-6-11-24-30-23-14-12-19-16-20(36)13-15-22(19)29(23)26(40-2)18-27(30)43-34(31(24)37)25-17-28(42-21-9-7-8-10-21)33(39)35(41-3)32(25)38/h13,15-18,21,24,31,34,36-39H,4-12,14H2,1-3H3. The van der Waals surface area contributed by atoms with Crippen molar-refractivity contribution >= 4 is 0 Å². The number of fused-ring (bicyclic) bond motifs is 5. The Kier molecular flexibility index (Phi) is 8.23. The molecule has 43 heavy (non-hydrogen) atoms. The monoisotopic (exact) mass is 590 g/mol. The van der Waals surface area contributed by atoms with Gasteiger partial charge in [0.1, 0.15) is 23.4 Å². The van der Waals surface area contributed by atoms with Crippen LogP contribution in [0.3, 0.4) is 0 Å². The number of unbranched alkanes of at least 4 members (excludes halogenated alkanes) is 2. The first kappa shape index (κ1) is 29.3. The summed E-state index contributed by atoms with van der Waals surface area (Å²) in [6.45, 7) is 2.16. The van der Waals surface area contributed by atoms with Gasteiger partial charge in [0.05, 0.1) is 20.3 Å². The van der Waals surface area contributed by atoms with Crippen LogP contribution in [0.2, 0.25) is 0 Å². The molecule has 4 N–H and O–H groups in total. The zero-order valence-corrected chi connectivity index (χ0v) is 25.2. The van der Waals surface area contributed by atoms with Crippen LogP contribution in [-0.4, -0.2) is 46.9 Å². The minimum Gasteiger partial charge on any atom is -0.508 e. The van der Waals surface area contributed by atoms with Crippen LogP contribution in [0.5, 0.6) is 40.2 Å². The van der Waals surface area contributed by atoms with Crippen LogP contribution < -0.4 is 18.9 Å². The largest absolute Gasteiger partial charge is 0.508 e. The molecule has 8 nitrogen and oxygen atoms in total. The number of phenolic OH excluding ortho intramolecular Hbond substituents is 3. The van der Waals surface area contributed by atoms with Crippen LogP contribution >= 0.6 is 0 Å². The number of ether oxygens (including phenoxy) is 4. The molecule has 1 saturated carbocycles. The second-order valence-electron chi connectivity index (χ2n) is 12.0. The molecule has 1 aliphatic heterocycles. The van der Waals surface area contributed by atoms with E-state index in [0.29, 0.717) is 23.5 Å². The maximum Gasteiger partial charge on any atom is 0.207 e. The van der Waals surface area contributed by atoms with Crippen LogP contribution in [-0.2, 0) is 12.8 Å². The van der Waals surface area contributed by atoms with Gasteiger partial charge in [-0.05, 0) is 79.8 Å². The molecule has 0 radical (unpaired) electrons. The fourth-order valence-corrected chi connectivity index (χ4v) is 7.30. The van der Waals surface area contributed by atoms with Crippen molar-refractivity contribution in [2.45, 2.75) is 95.4 Å². The van der Waals surface area contributed by atoms with Gasteiger partial charge in [-0.2, -0.15) is 0 Å². The molecule has 230 valence electrons. The maximum atomic E-state index is 12.1. The summed E-state index contributed by atoms with van der Waals surface area (Å²) >= 11 is 0. The van der Waals surface area contributed by atoms with E-state index in [2.05, 4.69) is 6.92 Å². The third-order valence-electron chi connectivity index (χ3n) is 9.42. The molecule has 8 heteroatoms. The van der Waals surface area contributed by atoms with E-state index in [1.165, 1.54) is 7.11 Å². The average molecular weight is 591 g/mol. The predicted octanol–water partition coefficient (Wildman–Crippen LogP) is 7.07. The van der Waals surface area contributed by atoms with E-state index in [9.17, 15) is 20.4 Å². The van der Waals surface area contributed by atoms with Gasteiger partial charge in [-0.1, -0.05) is 32.3 Å². The van der Waals surface area contributed by atoms with Gasteiger partial charge in [0.15, 0.2) is 17.6 Å². The van der Waals surface area contributed by atoms with Gasteiger partial charge in [-0.25, -0.2) is 0 Å². The Morgan fingerprint density at radius 2 is 1.70 bits per heavy atom. The molecule has 3 aliphatic rings. The van der Waals surface area contributed by atoms with Gasteiger partial charge in [-0.3, -0.25) is 0 Å². The molecule has 1 heterocycles. The molecule has 3 unspecified atom stereocenters. The Hall–Kier alpha value is -3.78. The van der Waals surface area contributed by atoms with Gasteiger partial charge < -0.3 is 39.4 Å². The highest BCUT2D eigenvalue weighted by atomic mass is 16.5. The summed E-state index contributed by atoms with van der Waals surface area (Å²) in [4.78, 5) is 0. The SMILES string of the molecule is CCCCCC1c2c(cc(OC)c3c2CCc2cc(O)ccc2-3)OC(c2cc(OC3CCCC3)c(O)c(OC)c2O)C1O. The number of aliphatic hydroxyl groups is 1. The first-order valence-electron chi connectivity index (χ1n) is 15.6. The fraction of sp³-hybridized carbons (Fsp3) is 0.486. The highest BCUT2D eigenvalue weighted by Crippen LogP contribution is 2.56. The van der Waals surface area contributed by atoms with Crippen molar-refractivity contribution in [3.05, 3.63) is 52.6 Å². The zero-order valence-electron chi connectivity index (χ0n) is 25.2. The summed E-state index contributed by atoms with van der Waals surface area (Å²) in [6.07, 6.45) is 7.16. The number of hydrogen-bond acceptors (Lipinski definition) is 8. The van der Waals surface area contributed by atoms with E-state index in [1.54, 1.807) is 19.2 Å². The van der Waals surface area contributed by atoms with Crippen LogP contribution in [0.4, 0.5) is 0 Å². The summed E-state index contributed by atoms with van der Waals surface area (Å²) < 4.78 is 24.1. The molecule has 0 aromatic heterocycles. The van der Waals surface area contributed by atoms with E-state index < -0.39 is 12.2 Å². The Balaban J connectivity index is 1.49. The summed E-state index contributed by atoms with van der Waals surface area (Å²) in [6, 6.07) is 8.90. The van der Waals surface area contributed by atoms with Crippen molar-refractivity contribution in [3.8, 4) is 51.4 Å². The lowest BCUT2D eigenvalue weighted by molar-refractivity contribution is -0.00473. The van der Waals surface area contributed by atoms with E-state index in [-0.39, 0.29) is 40.8 Å². The number of aryl methyl sites for hydroxylation is 1. The van der Waals surface area contributed by atoms with E-state index in [0.717, 1.165) is 85.6 Å². The Bertz CT molecular complexity index is 1490. The predicted molar refractivity (Wildman–Crippen MR) is 163 cm³/mol. The summed E-state index contributed by atoms with van der Waals surface area (Å²) in [5, 5.41) is 44.4. The highest BCUT2D eigenvalue weighted by molar-refractivity contribution is 5.82. The quantitative estimate of drug-likeness (QED) is 0.196. The van der Waals surface area contributed by atoms with Crippen molar-refractivity contribution in [3.63, 3.8) is 0 Å². The highest BCUT2D eigenvalue weighted by Gasteiger charge is 2.43. The second kappa shape index (κ2) is 12.1. The molecule has 0 amide bonds. The Morgan fingerprint density at radius 1 is 0.907 bits per heavy atom. The third kappa shape index (κ3) is 5.20. The minimum atomic E-state index is -0.984. The number of aromatic hydroxyl groups is 3. The number of hydrogen-bond donors (Lipinski definition) is 4. The number of rotatable bonds is 9. The number of aliphatic hydroxyl groups excluding tert-OH is 1. The summed E-state index contributed by atoms with van der Waals surface area (Å²) in [5.41, 5.74) is 5.40. The lowest BCUT2D eigenvalue weighted by atomic mass is 9.74. The Morgan fingerprint density at radius 3 is 2.42 bits per heavy atom. The summed E-state index contributed by atoms with van der Waals surface area (Å²) in [7, 11) is 3.02. The first-order chi connectivity index (χ1) is 20.9. The van der Waals surface area contributed by atoms with Crippen molar-refractivity contribution < 1.29 is 39.4 Å².